The number of H-pyrrole nitrogens is 1. The van der Waals surface area contributed by atoms with Gasteiger partial charge in [-0.1, -0.05) is 6.92 Å². The Labute approximate surface area is 171 Å². The summed E-state index contributed by atoms with van der Waals surface area (Å²) in [6.45, 7) is 8.46. The number of nitrogens with one attached hydrogen (secondary N) is 1. The molecule has 1 aromatic rings. The lowest BCUT2D eigenvalue weighted by Gasteiger charge is -2.39. The summed E-state index contributed by atoms with van der Waals surface area (Å²) in [5.41, 5.74) is 4.56. The monoisotopic (exact) mass is 430 g/mol. The van der Waals surface area contributed by atoms with Crippen LogP contribution in [0.1, 0.15) is 53.5 Å². The van der Waals surface area contributed by atoms with Crippen molar-refractivity contribution < 1.29 is 31.8 Å². The number of carbonyl (C=O) groups is 1. The van der Waals surface area contributed by atoms with Crippen LogP contribution in [0.3, 0.4) is 0 Å². The average molecular weight is 431 g/mol. The highest BCUT2D eigenvalue weighted by atomic mass is 32.3. The van der Waals surface area contributed by atoms with Crippen LogP contribution in [0.4, 0.5) is 0 Å². The Kier molecular flexibility index (Phi) is 6.81. The minimum absolute atomic E-state index is 0.137. The molecule has 2 aliphatic heterocycles. The molecule has 10 heteroatoms. The predicted octanol–water partition coefficient (Wildman–Crippen LogP) is 1.82. The summed E-state index contributed by atoms with van der Waals surface area (Å²) in [7, 11) is -4.67. The van der Waals surface area contributed by atoms with Gasteiger partial charge in [-0.25, -0.2) is 0 Å². The molecule has 1 unspecified atom stereocenters. The summed E-state index contributed by atoms with van der Waals surface area (Å²) in [6.07, 6.45) is 4.72. The minimum Gasteiger partial charge on any atom is -0.362 e. The standard InChI is InChI=1S/C19H28N2O3.H2O4S/c1-3-15-13(2)20-16-5-4-14(18(22)17(15)16)12-21-8-6-19(7-9-21)23-10-11-24-19;1-5(2,3)4/h14,20H,3-12H2,1-2H3;(H2,1,2,3,4). The van der Waals surface area contributed by atoms with Gasteiger partial charge in [0.15, 0.2) is 11.6 Å². The van der Waals surface area contributed by atoms with E-state index >= 15 is 0 Å². The number of ether oxygens (including phenoxy) is 2. The highest BCUT2D eigenvalue weighted by Gasteiger charge is 2.41. The van der Waals surface area contributed by atoms with E-state index in [9.17, 15) is 4.79 Å². The van der Waals surface area contributed by atoms with Crippen LogP contribution in [0.2, 0.25) is 0 Å². The van der Waals surface area contributed by atoms with E-state index in [2.05, 4.69) is 23.7 Å². The predicted molar refractivity (Wildman–Crippen MR) is 106 cm³/mol. The normalized spacial score (nSPS) is 24.3. The summed E-state index contributed by atoms with van der Waals surface area (Å²) in [6, 6.07) is 0. The van der Waals surface area contributed by atoms with Crippen molar-refractivity contribution in [2.24, 2.45) is 5.92 Å². The number of hydrogen-bond donors (Lipinski definition) is 3. The van der Waals surface area contributed by atoms with Gasteiger partial charge in [0.05, 0.1) is 13.2 Å². The number of likely N-dealkylation sites (tertiary alicyclic amines) is 1. The number of nitrogens with zero attached hydrogens (tertiary/aromatic N) is 1. The Bertz CT molecular complexity index is 825. The molecule has 0 aromatic carbocycles. The topological polar surface area (TPSA) is 129 Å². The smallest absolute Gasteiger partial charge is 0.362 e. The lowest BCUT2D eigenvalue weighted by molar-refractivity contribution is -0.185. The molecule has 4 rings (SSSR count). The van der Waals surface area contributed by atoms with Crippen LogP contribution in [-0.2, 0) is 32.7 Å². The van der Waals surface area contributed by atoms with E-state index in [0.29, 0.717) is 5.78 Å². The van der Waals surface area contributed by atoms with Crippen LogP contribution in [-0.4, -0.2) is 71.8 Å². The van der Waals surface area contributed by atoms with E-state index in [0.717, 1.165) is 76.2 Å². The average Bonchev–Trinajstić information content (AvgIpc) is 3.22. The number of hydrogen-bond acceptors (Lipinski definition) is 6. The Balaban J connectivity index is 0.000000431. The molecule has 164 valence electrons. The van der Waals surface area contributed by atoms with Crippen molar-refractivity contribution in [3.8, 4) is 0 Å². The summed E-state index contributed by atoms with van der Waals surface area (Å²) < 4.78 is 43.2. The van der Waals surface area contributed by atoms with Crippen molar-refractivity contribution in [3.05, 3.63) is 22.5 Å². The molecule has 3 N–H and O–H groups in total. The number of aromatic amines is 1. The van der Waals surface area contributed by atoms with Gasteiger partial charge >= 0.3 is 10.4 Å². The van der Waals surface area contributed by atoms with Crippen LogP contribution in [0.5, 0.6) is 0 Å². The van der Waals surface area contributed by atoms with E-state index in [4.69, 9.17) is 27.0 Å². The minimum atomic E-state index is -4.67. The van der Waals surface area contributed by atoms with Gasteiger partial charge in [-0.2, -0.15) is 8.42 Å². The van der Waals surface area contributed by atoms with Crippen molar-refractivity contribution in [1.82, 2.24) is 9.88 Å². The van der Waals surface area contributed by atoms with E-state index in [1.54, 1.807) is 0 Å². The quantitative estimate of drug-likeness (QED) is 0.619. The molecule has 1 spiro atoms. The van der Waals surface area contributed by atoms with Crippen molar-refractivity contribution >= 4 is 16.2 Å². The molecule has 29 heavy (non-hydrogen) atoms. The van der Waals surface area contributed by atoms with Crippen molar-refractivity contribution in [3.63, 3.8) is 0 Å². The highest BCUT2D eigenvalue weighted by Crippen LogP contribution is 2.34. The second-order valence-electron chi connectivity index (χ2n) is 7.89. The van der Waals surface area contributed by atoms with E-state index < -0.39 is 10.4 Å². The lowest BCUT2D eigenvalue weighted by atomic mass is 9.83. The Morgan fingerprint density at radius 1 is 1.21 bits per heavy atom. The molecular formula is C19H30N2O7S. The first-order valence-corrected chi connectivity index (χ1v) is 11.5. The van der Waals surface area contributed by atoms with Gasteiger partial charge in [0, 0.05) is 55.3 Å². The number of piperidine rings is 1. The number of carbonyl (C=O) groups excluding carboxylic acids is 1. The van der Waals surface area contributed by atoms with Crippen molar-refractivity contribution in [2.75, 3.05) is 32.8 Å². The summed E-state index contributed by atoms with van der Waals surface area (Å²) in [5, 5.41) is 0. The van der Waals surface area contributed by atoms with E-state index in [1.807, 2.05) is 0 Å². The van der Waals surface area contributed by atoms with Gasteiger partial charge in [-0.05, 0) is 31.7 Å². The number of fused-ring (bicyclic) bond motifs is 1. The molecule has 1 aromatic heterocycles. The highest BCUT2D eigenvalue weighted by molar-refractivity contribution is 7.79. The molecule has 0 amide bonds. The van der Waals surface area contributed by atoms with Crippen LogP contribution >= 0.6 is 0 Å². The van der Waals surface area contributed by atoms with Crippen LogP contribution in [0.25, 0.3) is 0 Å². The largest absolute Gasteiger partial charge is 0.394 e. The molecule has 0 bridgehead atoms. The molecule has 0 saturated carbocycles. The van der Waals surface area contributed by atoms with Gasteiger partial charge in [-0.15, -0.1) is 0 Å². The van der Waals surface area contributed by atoms with Crippen molar-refractivity contribution in [1.29, 1.82) is 0 Å². The molecule has 1 atom stereocenters. The molecule has 1 aliphatic carbocycles. The first kappa shape index (κ1) is 22.4. The lowest BCUT2D eigenvalue weighted by Crippen LogP contribution is -2.47. The maximum atomic E-state index is 13.0. The summed E-state index contributed by atoms with van der Waals surface area (Å²) in [4.78, 5) is 18.9. The van der Waals surface area contributed by atoms with Crippen LogP contribution in [0.15, 0.2) is 0 Å². The maximum absolute atomic E-state index is 13.0. The third-order valence-electron chi connectivity index (χ3n) is 6.02. The molecule has 9 nitrogen and oxygen atoms in total. The number of ketones is 1. The second kappa shape index (κ2) is 8.83. The van der Waals surface area contributed by atoms with Gasteiger partial charge in [0.25, 0.3) is 0 Å². The third-order valence-corrected chi connectivity index (χ3v) is 6.02. The first-order valence-electron chi connectivity index (χ1n) is 10.1. The zero-order valence-electron chi connectivity index (χ0n) is 16.9. The number of rotatable bonds is 3. The first-order chi connectivity index (χ1) is 13.6. The fourth-order valence-corrected chi connectivity index (χ4v) is 4.66. The van der Waals surface area contributed by atoms with Gasteiger partial charge in [0.1, 0.15) is 0 Å². The van der Waals surface area contributed by atoms with Crippen molar-refractivity contribution in [2.45, 2.75) is 51.7 Å². The maximum Gasteiger partial charge on any atom is 0.394 e. The Morgan fingerprint density at radius 3 is 2.34 bits per heavy atom. The van der Waals surface area contributed by atoms with E-state index in [-0.39, 0.29) is 11.7 Å². The zero-order valence-corrected chi connectivity index (χ0v) is 17.8. The second-order valence-corrected chi connectivity index (χ2v) is 8.79. The molecular weight excluding hydrogens is 400 g/mol. The molecule has 2 fully saturated rings. The third kappa shape index (κ3) is 5.44. The molecule has 0 radical (unpaired) electrons. The SMILES string of the molecule is CCc1c(C)[nH]c2c1C(=O)C(CN1CCC3(CC1)OCCO3)CC2.O=S(=O)(O)O. The Hall–Kier alpha value is -1.30. The molecule has 3 heterocycles. The number of aromatic nitrogens is 1. The fourth-order valence-electron chi connectivity index (χ4n) is 4.66. The zero-order chi connectivity index (χ0) is 21.2. The Morgan fingerprint density at radius 2 is 1.79 bits per heavy atom. The summed E-state index contributed by atoms with van der Waals surface area (Å²) in [5.74, 6) is 0.163. The van der Waals surface area contributed by atoms with E-state index in [1.165, 1.54) is 11.3 Å². The number of Topliss-reactive ketones (excluding diaryl/α,β-unsaturated/α-hetero) is 1. The van der Waals surface area contributed by atoms with Gasteiger partial charge in [-0.3, -0.25) is 13.9 Å². The van der Waals surface area contributed by atoms with Gasteiger partial charge in [0.2, 0.25) is 0 Å². The summed E-state index contributed by atoms with van der Waals surface area (Å²) >= 11 is 0. The molecule has 3 aliphatic rings. The van der Waals surface area contributed by atoms with Crippen LogP contribution in [0, 0.1) is 12.8 Å². The number of aryl methyl sites for hydroxylation is 2. The molecule has 2 saturated heterocycles. The fraction of sp³-hybridized carbons (Fsp3) is 0.737. The van der Waals surface area contributed by atoms with Gasteiger partial charge < -0.3 is 19.4 Å². The van der Waals surface area contributed by atoms with Crippen LogP contribution < -0.4 is 0 Å².